The van der Waals surface area contributed by atoms with Crippen molar-refractivity contribution in [2.75, 3.05) is 27.9 Å². The summed E-state index contributed by atoms with van der Waals surface area (Å²) < 4.78 is 21.3. The van der Waals surface area contributed by atoms with E-state index in [2.05, 4.69) is 0 Å². The maximum atomic E-state index is 11.7. The molecule has 0 saturated heterocycles. The van der Waals surface area contributed by atoms with Crippen molar-refractivity contribution in [2.24, 2.45) is 5.92 Å². The van der Waals surface area contributed by atoms with Crippen molar-refractivity contribution in [1.82, 2.24) is 0 Å². The molecule has 1 aliphatic rings. The summed E-state index contributed by atoms with van der Waals surface area (Å²) in [5.74, 6) is 1.81. The molecule has 0 spiro atoms. The number of benzene rings is 1. The topological polar surface area (TPSA) is 54.0 Å². The number of methoxy groups -OCH3 is 3. The molecule has 1 aromatic rings. The van der Waals surface area contributed by atoms with Gasteiger partial charge in [-0.25, -0.2) is 4.79 Å². The zero-order valence-corrected chi connectivity index (χ0v) is 13.5. The molecule has 0 aliphatic heterocycles. The van der Waals surface area contributed by atoms with E-state index in [0.29, 0.717) is 29.4 Å². The average molecular weight is 308 g/mol. The summed E-state index contributed by atoms with van der Waals surface area (Å²) in [6.07, 6.45) is 6.26. The van der Waals surface area contributed by atoms with Crippen molar-refractivity contribution in [3.63, 3.8) is 0 Å². The molecule has 0 unspecified atom stereocenters. The molecule has 5 heteroatoms. The van der Waals surface area contributed by atoms with Crippen LogP contribution in [0.3, 0.4) is 0 Å². The van der Waals surface area contributed by atoms with E-state index in [0.717, 1.165) is 12.3 Å². The second-order valence-electron chi connectivity index (χ2n) is 5.49. The maximum absolute atomic E-state index is 11.7. The van der Waals surface area contributed by atoms with Crippen molar-refractivity contribution < 1.29 is 23.7 Å². The second kappa shape index (κ2) is 7.92. The van der Waals surface area contributed by atoms with E-state index in [4.69, 9.17) is 18.9 Å². The van der Waals surface area contributed by atoms with E-state index in [1.165, 1.54) is 32.8 Å². The summed E-state index contributed by atoms with van der Waals surface area (Å²) in [7, 11) is 4.42. The molecule has 0 N–H and O–H groups in total. The van der Waals surface area contributed by atoms with Crippen molar-refractivity contribution in [3.05, 3.63) is 17.7 Å². The quantitative estimate of drug-likeness (QED) is 0.722. The van der Waals surface area contributed by atoms with Crippen LogP contribution in [0.2, 0.25) is 0 Å². The van der Waals surface area contributed by atoms with Crippen LogP contribution in [-0.2, 0) is 4.74 Å². The molecule has 0 amide bonds. The maximum Gasteiger partial charge on any atom is 0.338 e. The molecule has 1 fully saturated rings. The third-order valence-electron chi connectivity index (χ3n) is 4.13. The van der Waals surface area contributed by atoms with Gasteiger partial charge in [-0.3, -0.25) is 0 Å². The highest BCUT2D eigenvalue weighted by atomic mass is 16.5. The zero-order valence-electron chi connectivity index (χ0n) is 13.5. The lowest BCUT2D eigenvalue weighted by Crippen LogP contribution is -2.08. The van der Waals surface area contributed by atoms with Gasteiger partial charge in [0.15, 0.2) is 11.5 Å². The third kappa shape index (κ3) is 3.84. The van der Waals surface area contributed by atoms with Crippen LogP contribution in [0.15, 0.2) is 12.1 Å². The van der Waals surface area contributed by atoms with Gasteiger partial charge in [0, 0.05) is 0 Å². The van der Waals surface area contributed by atoms with Crippen molar-refractivity contribution >= 4 is 5.97 Å². The molecule has 1 aromatic carbocycles. The highest BCUT2D eigenvalue weighted by Crippen LogP contribution is 2.39. The van der Waals surface area contributed by atoms with Gasteiger partial charge in [-0.1, -0.05) is 25.7 Å². The lowest BCUT2D eigenvalue weighted by molar-refractivity contribution is 0.0599. The summed E-state index contributed by atoms with van der Waals surface area (Å²) in [6.45, 7) is 0.620. The van der Waals surface area contributed by atoms with Gasteiger partial charge in [0.25, 0.3) is 0 Å². The Morgan fingerprint density at radius 2 is 1.68 bits per heavy atom. The average Bonchev–Trinajstić information content (AvgIpc) is 3.07. The molecule has 0 bridgehead atoms. The SMILES string of the molecule is COC(=O)c1cc(OC)c(OCCC2CCCC2)c(OC)c1. The molecule has 22 heavy (non-hydrogen) atoms. The van der Waals surface area contributed by atoms with Gasteiger partial charge in [-0.05, 0) is 24.5 Å². The van der Waals surface area contributed by atoms with E-state index < -0.39 is 5.97 Å². The van der Waals surface area contributed by atoms with Crippen LogP contribution in [0, 0.1) is 5.92 Å². The minimum atomic E-state index is -0.436. The fourth-order valence-electron chi connectivity index (χ4n) is 2.88. The molecule has 1 aliphatic carbocycles. The van der Waals surface area contributed by atoms with Crippen LogP contribution in [0.4, 0.5) is 0 Å². The van der Waals surface area contributed by atoms with E-state index in [1.54, 1.807) is 26.4 Å². The molecule has 0 heterocycles. The lowest BCUT2D eigenvalue weighted by Gasteiger charge is -2.16. The lowest BCUT2D eigenvalue weighted by atomic mass is 10.1. The Morgan fingerprint density at radius 3 is 2.18 bits per heavy atom. The highest BCUT2D eigenvalue weighted by molar-refractivity contribution is 5.91. The standard InChI is InChI=1S/C17H24O5/c1-19-14-10-13(17(18)21-3)11-15(20-2)16(14)22-9-8-12-6-4-5-7-12/h10-12H,4-9H2,1-3H3. The predicted molar refractivity (Wildman–Crippen MR) is 83.0 cm³/mol. The van der Waals surface area contributed by atoms with Gasteiger partial charge >= 0.3 is 5.97 Å². The number of rotatable bonds is 7. The van der Waals surface area contributed by atoms with E-state index in [1.807, 2.05) is 0 Å². The van der Waals surface area contributed by atoms with Crippen LogP contribution < -0.4 is 14.2 Å². The molecular weight excluding hydrogens is 284 g/mol. The van der Waals surface area contributed by atoms with E-state index >= 15 is 0 Å². The van der Waals surface area contributed by atoms with Crippen LogP contribution >= 0.6 is 0 Å². The Morgan fingerprint density at radius 1 is 1.09 bits per heavy atom. The molecule has 0 atom stereocenters. The summed E-state index contributed by atoms with van der Waals surface area (Å²) in [5.41, 5.74) is 0.374. The number of esters is 1. The first-order chi connectivity index (χ1) is 10.7. The highest BCUT2D eigenvalue weighted by Gasteiger charge is 2.19. The molecule has 2 rings (SSSR count). The summed E-state index contributed by atoms with van der Waals surface area (Å²) in [6, 6.07) is 3.22. The van der Waals surface area contributed by atoms with Crippen LogP contribution in [-0.4, -0.2) is 33.9 Å². The Bertz CT molecular complexity index is 481. The molecule has 5 nitrogen and oxygen atoms in total. The van der Waals surface area contributed by atoms with Gasteiger partial charge in [-0.15, -0.1) is 0 Å². The first-order valence-corrected chi connectivity index (χ1v) is 7.66. The fourth-order valence-corrected chi connectivity index (χ4v) is 2.88. The van der Waals surface area contributed by atoms with Crippen LogP contribution in [0.25, 0.3) is 0 Å². The van der Waals surface area contributed by atoms with Gasteiger partial charge < -0.3 is 18.9 Å². The Kier molecular flexibility index (Phi) is 5.92. The van der Waals surface area contributed by atoms with Crippen molar-refractivity contribution in [1.29, 1.82) is 0 Å². The number of hydrogen-bond donors (Lipinski definition) is 0. The van der Waals surface area contributed by atoms with E-state index in [9.17, 15) is 4.79 Å². The molecular formula is C17H24O5. The minimum Gasteiger partial charge on any atom is -0.493 e. The van der Waals surface area contributed by atoms with Crippen molar-refractivity contribution in [2.45, 2.75) is 32.1 Å². The minimum absolute atomic E-state index is 0.374. The first kappa shape index (κ1) is 16.5. The summed E-state index contributed by atoms with van der Waals surface area (Å²) in [4.78, 5) is 11.7. The number of ether oxygens (including phenoxy) is 4. The van der Waals surface area contributed by atoms with Crippen molar-refractivity contribution in [3.8, 4) is 17.2 Å². The van der Waals surface area contributed by atoms with Gasteiger partial charge in [0.05, 0.1) is 33.5 Å². The second-order valence-corrected chi connectivity index (χ2v) is 5.49. The Hall–Kier alpha value is -1.91. The van der Waals surface area contributed by atoms with Gasteiger partial charge in [-0.2, -0.15) is 0 Å². The number of carbonyl (C=O) groups excluding carboxylic acids is 1. The third-order valence-corrected chi connectivity index (χ3v) is 4.13. The largest absolute Gasteiger partial charge is 0.493 e. The first-order valence-electron chi connectivity index (χ1n) is 7.66. The van der Waals surface area contributed by atoms with Gasteiger partial charge in [0.1, 0.15) is 0 Å². The fraction of sp³-hybridized carbons (Fsp3) is 0.588. The smallest absolute Gasteiger partial charge is 0.338 e. The van der Waals surface area contributed by atoms with Crippen LogP contribution in [0.5, 0.6) is 17.2 Å². The molecule has 0 aromatic heterocycles. The Balaban J connectivity index is 2.11. The molecule has 1 saturated carbocycles. The summed E-state index contributed by atoms with van der Waals surface area (Å²) >= 11 is 0. The monoisotopic (exact) mass is 308 g/mol. The summed E-state index contributed by atoms with van der Waals surface area (Å²) in [5, 5.41) is 0. The normalized spacial score (nSPS) is 14.7. The van der Waals surface area contributed by atoms with Crippen LogP contribution in [0.1, 0.15) is 42.5 Å². The predicted octanol–water partition coefficient (Wildman–Crippen LogP) is 3.45. The Labute approximate surface area is 131 Å². The number of carbonyl (C=O) groups is 1. The van der Waals surface area contributed by atoms with E-state index in [-0.39, 0.29) is 0 Å². The van der Waals surface area contributed by atoms with Gasteiger partial charge in [0.2, 0.25) is 5.75 Å². The zero-order chi connectivity index (χ0) is 15.9. The number of hydrogen-bond acceptors (Lipinski definition) is 5. The molecule has 122 valence electrons. The molecule has 0 radical (unpaired) electrons.